The molecule has 1 aliphatic rings. The standard InChI is InChI=1S/C16H25N3O/c1-12-6-7-15(11-16(12)17-13(2)20)18-14-5-4-9-19(3)10-8-14/h6-7,11,14,18H,4-5,8-10H2,1-3H3,(H,17,20). The topological polar surface area (TPSA) is 44.4 Å². The van der Waals surface area contributed by atoms with Gasteiger partial charge in [-0.15, -0.1) is 0 Å². The molecule has 4 heteroatoms. The number of benzene rings is 1. The molecule has 0 aliphatic carbocycles. The number of rotatable bonds is 3. The highest BCUT2D eigenvalue weighted by molar-refractivity contribution is 5.90. The van der Waals surface area contributed by atoms with E-state index < -0.39 is 0 Å². The van der Waals surface area contributed by atoms with Crippen molar-refractivity contribution in [2.24, 2.45) is 0 Å². The summed E-state index contributed by atoms with van der Waals surface area (Å²) >= 11 is 0. The molecule has 0 aromatic heterocycles. The summed E-state index contributed by atoms with van der Waals surface area (Å²) in [6.45, 7) is 5.88. The molecule has 1 fully saturated rings. The molecule has 20 heavy (non-hydrogen) atoms. The van der Waals surface area contributed by atoms with E-state index in [-0.39, 0.29) is 5.91 Å². The van der Waals surface area contributed by atoms with E-state index in [0.29, 0.717) is 6.04 Å². The summed E-state index contributed by atoms with van der Waals surface area (Å²) in [7, 11) is 2.18. The maximum atomic E-state index is 11.2. The van der Waals surface area contributed by atoms with Crippen LogP contribution in [0.1, 0.15) is 31.7 Å². The number of aryl methyl sites for hydroxylation is 1. The minimum absolute atomic E-state index is 0.0265. The van der Waals surface area contributed by atoms with Gasteiger partial charge in [0, 0.05) is 24.3 Å². The van der Waals surface area contributed by atoms with E-state index in [1.165, 1.54) is 25.8 Å². The molecule has 0 spiro atoms. The Morgan fingerprint density at radius 2 is 2.10 bits per heavy atom. The largest absolute Gasteiger partial charge is 0.382 e. The summed E-state index contributed by atoms with van der Waals surface area (Å²) in [5.74, 6) is -0.0265. The van der Waals surface area contributed by atoms with E-state index in [2.05, 4.69) is 34.7 Å². The van der Waals surface area contributed by atoms with Gasteiger partial charge in [-0.2, -0.15) is 0 Å². The van der Waals surface area contributed by atoms with Crippen molar-refractivity contribution in [3.63, 3.8) is 0 Å². The van der Waals surface area contributed by atoms with Crippen LogP contribution in [-0.2, 0) is 4.79 Å². The molecular weight excluding hydrogens is 250 g/mol. The zero-order chi connectivity index (χ0) is 14.5. The van der Waals surface area contributed by atoms with E-state index in [1.807, 2.05) is 13.0 Å². The average Bonchev–Trinajstić information content (AvgIpc) is 2.58. The van der Waals surface area contributed by atoms with Gasteiger partial charge in [0.05, 0.1) is 0 Å². The van der Waals surface area contributed by atoms with Crippen LogP contribution in [-0.4, -0.2) is 37.0 Å². The van der Waals surface area contributed by atoms with Crippen molar-refractivity contribution in [1.82, 2.24) is 4.90 Å². The number of amides is 1. The molecule has 0 radical (unpaired) electrons. The summed E-state index contributed by atoms with van der Waals surface area (Å²) in [6, 6.07) is 6.70. The fraction of sp³-hybridized carbons (Fsp3) is 0.562. The van der Waals surface area contributed by atoms with Gasteiger partial charge < -0.3 is 15.5 Å². The number of nitrogens with one attached hydrogen (secondary N) is 2. The number of nitrogens with zero attached hydrogens (tertiary/aromatic N) is 1. The first-order valence-electron chi connectivity index (χ1n) is 7.38. The summed E-state index contributed by atoms with van der Waals surface area (Å²) < 4.78 is 0. The van der Waals surface area contributed by atoms with E-state index in [1.54, 1.807) is 6.92 Å². The second kappa shape index (κ2) is 6.75. The molecule has 0 bridgehead atoms. The van der Waals surface area contributed by atoms with Gasteiger partial charge >= 0.3 is 0 Å². The van der Waals surface area contributed by atoms with Crippen LogP contribution in [0.4, 0.5) is 11.4 Å². The Bertz CT molecular complexity index is 473. The second-order valence-electron chi connectivity index (χ2n) is 5.79. The van der Waals surface area contributed by atoms with Gasteiger partial charge in [-0.3, -0.25) is 4.79 Å². The fourth-order valence-electron chi connectivity index (χ4n) is 2.66. The fourth-order valence-corrected chi connectivity index (χ4v) is 2.66. The van der Waals surface area contributed by atoms with Gasteiger partial charge in [0.25, 0.3) is 0 Å². The summed E-state index contributed by atoms with van der Waals surface area (Å²) in [4.78, 5) is 13.6. The maximum absolute atomic E-state index is 11.2. The molecule has 4 nitrogen and oxygen atoms in total. The molecule has 1 amide bonds. The normalized spacial score (nSPS) is 20.2. The minimum Gasteiger partial charge on any atom is -0.382 e. The van der Waals surface area contributed by atoms with Gasteiger partial charge in [0.15, 0.2) is 0 Å². The van der Waals surface area contributed by atoms with Gasteiger partial charge in [0.2, 0.25) is 5.91 Å². The maximum Gasteiger partial charge on any atom is 0.221 e. The molecule has 2 N–H and O–H groups in total. The number of anilines is 2. The van der Waals surface area contributed by atoms with Gasteiger partial charge in [-0.05, 0) is 64.0 Å². The third kappa shape index (κ3) is 4.23. The van der Waals surface area contributed by atoms with Gasteiger partial charge in [0.1, 0.15) is 0 Å². The van der Waals surface area contributed by atoms with Crippen molar-refractivity contribution in [1.29, 1.82) is 0 Å². The lowest BCUT2D eigenvalue weighted by atomic mass is 10.1. The molecule has 2 rings (SSSR count). The SMILES string of the molecule is CC(=O)Nc1cc(NC2CCCN(C)CC2)ccc1C. The first-order chi connectivity index (χ1) is 9.54. The molecule has 0 saturated carbocycles. The van der Waals surface area contributed by atoms with Crippen molar-refractivity contribution in [3.05, 3.63) is 23.8 Å². The number of hydrogen-bond donors (Lipinski definition) is 2. The number of likely N-dealkylation sites (tertiary alicyclic amines) is 1. The van der Waals surface area contributed by atoms with Crippen molar-refractivity contribution in [2.45, 2.75) is 39.2 Å². The van der Waals surface area contributed by atoms with Gasteiger partial charge in [-0.1, -0.05) is 6.07 Å². The van der Waals surface area contributed by atoms with Crippen LogP contribution in [0.25, 0.3) is 0 Å². The monoisotopic (exact) mass is 275 g/mol. The Morgan fingerprint density at radius 1 is 1.30 bits per heavy atom. The third-order valence-electron chi connectivity index (χ3n) is 3.87. The van der Waals surface area contributed by atoms with Crippen LogP contribution < -0.4 is 10.6 Å². The first-order valence-corrected chi connectivity index (χ1v) is 7.38. The molecule has 1 atom stereocenters. The van der Waals surface area contributed by atoms with Crippen LogP contribution >= 0.6 is 0 Å². The number of hydrogen-bond acceptors (Lipinski definition) is 3. The van der Waals surface area contributed by atoms with Crippen LogP contribution in [0.5, 0.6) is 0 Å². The first kappa shape index (κ1) is 14.9. The molecule has 1 aromatic rings. The van der Waals surface area contributed by atoms with Crippen molar-refractivity contribution in [2.75, 3.05) is 30.8 Å². The highest BCUT2D eigenvalue weighted by atomic mass is 16.1. The predicted molar refractivity (Wildman–Crippen MR) is 84.2 cm³/mol. The lowest BCUT2D eigenvalue weighted by Crippen LogP contribution is -2.23. The lowest BCUT2D eigenvalue weighted by molar-refractivity contribution is -0.114. The molecule has 1 aliphatic heterocycles. The van der Waals surface area contributed by atoms with E-state index in [9.17, 15) is 4.79 Å². The minimum atomic E-state index is -0.0265. The molecule has 1 unspecified atom stereocenters. The zero-order valence-electron chi connectivity index (χ0n) is 12.7. The Kier molecular flexibility index (Phi) is 5.01. The smallest absolute Gasteiger partial charge is 0.221 e. The Labute approximate surface area is 121 Å². The molecule has 1 aromatic carbocycles. The van der Waals surface area contributed by atoms with Crippen molar-refractivity contribution < 1.29 is 4.79 Å². The number of carbonyl (C=O) groups excluding carboxylic acids is 1. The molecule has 1 heterocycles. The molecular formula is C16H25N3O. The lowest BCUT2D eigenvalue weighted by Gasteiger charge is -2.19. The van der Waals surface area contributed by atoms with Crippen molar-refractivity contribution in [3.8, 4) is 0 Å². The Hall–Kier alpha value is -1.55. The summed E-state index contributed by atoms with van der Waals surface area (Å²) in [5, 5.41) is 6.49. The highest BCUT2D eigenvalue weighted by Crippen LogP contribution is 2.23. The molecule has 1 saturated heterocycles. The van der Waals surface area contributed by atoms with Crippen molar-refractivity contribution >= 4 is 17.3 Å². The Morgan fingerprint density at radius 3 is 2.85 bits per heavy atom. The van der Waals surface area contributed by atoms with Crippen LogP contribution in [0.2, 0.25) is 0 Å². The second-order valence-corrected chi connectivity index (χ2v) is 5.79. The van der Waals surface area contributed by atoms with Crippen LogP contribution in [0.3, 0.4) is 0 Å². The quantitative estimate of drug-likeness (QED) is 0.891. The van der Waals surface area contributed by atoms with Crippen LogP contribution in [0, 0.1) is 6.92 Å². The van der Waals surface area contributed by atoms with E-state index >= 15 is 0 Å². The summed E-state index contributed by atoms with van der Waals surface area (Å²) in [5.41, 5.74) is 3.08. The predicted octanol–water partition coefficient (Wildman–Crippen LogP) is 2.85. The van der Waals surface area contributed by atoms with Gasteiger partial charge in [-0.25, -0.2) is 0 Å². The average molecular weight is 275 g/mol. The Balaban J connectivity index is 2.03. The zero-order valence-corrected chi connectivity index (χ0v) is 12.7. The summed E-state index contributed by atoms with van der Waals surface area (Å²) in [6.07, 6.45) is 3.60. The molecule has 110 valence electrons. The highest BCUT2D eigenvalue weighted by Gasteiger charge is 2.14. The third-order valence-corrected chi connectivity index (χ3v) is 3.87. The van der Waals surface area contributed by atoms with E-state index in [4.69, 9.17) is 0 Å². The van der Waals surface area contributed by atoms with Crippen LogP contribution in [0.15, 0.2) is 18.2 Å². The number of carbonyl (C=O) groups is 1. The van der Waals surface area contributed by atoms with E-state index in [0.717, 1.165) is 23.5 Å².